The second kappa shape index (κ2) is 4.69. The number of rotatable bonds is 4. The Morgan fingerprint density at radius 1 is 1.53 bits per heavy atom. The van der Waals surface area contributed by atoms with Crippen molar-refractivity contribution in [3.63, 3.8) is 0 Å². The fourth-order valence-corrected chi connectivity index (χ4v) is 1.62. The molecule has 0 aliphatic rings. The van der Waals surface area contributed by atoms with E-state index in [0.717, 1.165) is 24.0 Å². The number of hydrogen-bond donors (Lipinski definition) is 1. The first-order chi connectivity index (χ1) is 8.16. The number of carboxylic acids is 1. The van der Waals surface area contributed by atoms with Crippen molar-refractivity contribution in [3.05, 3.63) is 48.3 Å². The van der Waals surface area contributed by atoms with Crippen LogP contribution < -0.4 is 0 Å². The van der Waals surface area contributed by atoms with Gasteiger partial charge in [-0.25, -0.2) is 9.78 Å². The van der Waals surface area contributed by atoms with E-state index in [1.807, 2.05) is 34.5 Å². The molecule has 5 nitrogen and oxygen atoms in total. The average Bonchev–Trinajstić information content (AvgIpc) is 2.89. The number of aromatic nitrogens is 3. The summed E-state index contributed by atoms with van der Waals surface area (Å²) in [5.74, 6) is -0.942. The van der Waals surface area contributed by atoms with E-state index in [0.29, 0.717) is 0 Å². The van der Waals surface area contributed by atoms with Crippen LogP contribution in [0, 0.1) is 0 Å². The van der Waals surface area contributed by atoms with Gasteiger partial charge in [0.05, 0.1) is 12.9 Å². The molecule has 0 unspecified atom stereocenters. The first kappa shape index (κ1) is 11.2. The number of hydrogen-bond acceptors (Lipinski definition) is 2. The summed E-state index contributed by atoms with van der Waals surface area (Å²) in [4.78, 5) is 14.4. The molecule has 0 aliphatic carbocycles. The topological polar surface area (TPSA) is 60.1 Å². The lowest BCUT2D eigenvalue weighted by atomic mass is 10.4. The molecular weight excluding hydrogens is 218 g/mol. The highest BCUT2D eigenvalue weighted by molar-refractivity contribution is 5.84. The highest BCUT2D eigenvalue weighted by atomic mass is 16.4. The molecule has 0 fully saturated rings. The molecule has 0 amide bonds. The third-order valence-corrected chi connectivity index (χ3v) is 2.57. The van der Waals surface area contributed by atoms with Crippen LogP contribution >= 0.6 is 0 Å². The maximum atomic E-state index is 10.4. The van der Waals surface area contributed by atoms with Gasteiger partial charge in [0.25, 0.3) is 0 Å². The lowest BCUT2D eigenvalue weighted by molar-refractivity contribution is -0.131. The molecule has 0 bridgehead atoms. The van der Waals surface area contributed by atoms with Gasteiger partial charge in [0.1, 0.15) is 0 Å². The van der Waals surface area contributed by atoms with Crippen LogP contribution in [-0.4, -0.2) is 25.2 Å². The van der Waals surface area contributed by atoms with Crippen LogP contribution in [0.4, 0.5) is 0 Å². The fourth-order valence-electron chi connectivity index (χ4n) is 1.62. The molecule has 2 rings (SSSR count). The van der Waals surface area contributed by atoms with E-state index in [9.17, 15) is 4.79 Å². The van der Waals surface area contributed by atoms with E-state index in [-0.39, 0.29) is 0 Å². The summed E-state index contributed by atoms with van der Waals surface area (Å²) >= 11 is 0. The number of aliphatic carboxylic acids is 1. The maximum Gasteiger partial charge on any atom is 0.328 e. The van der Waals surface area contributed by atoms with Crippen molar-refractivity contribution in [3.8, 4) is 0 Å². The molecule has 2 heterocycles. The van der Waals surface area contributed by atoms with Crippen molar-refractivity contribution in [1.29, 1.82) is 0 Å². The summed E-state index contributed by atoms with van der Waals surface area (Å²) in [5, 5.41) is 8.57. The minimum absolute atomic E-state index is 0.720. The fraction of sp³-hybridized carbons (Fsp3) is 0.167. The SMILES string of the molecule is Cn1c(/C=C/C(=O)O)ccc1Cn1ccnc1. The van der Waals surface area contributed by atoms with Crippen LogP contribution in [0.25, 0.3) is 6.08 Å². The van der Waals surface area contributed by atoms with E-state index in [4.69, 9.17) is 5.11 Å². The molecule has 0 radical (unpaired) electrons. The Labute approximate surface area is 98.6 Å². The molecule has 0 aliphatic heterocycles. The Kier molecular flexibility index (Phi) is 3.09. The van der Waals surface area contributed by atoms with Crippen LogP contribution in [0.2, 0.25) is 0 Å². The van der Waals surface area contributed by atoms with E-state index < -0.39 is 5.97 Å². The van der Waals surface area contributed by atoms with Gasteiger partial charge in [-0.05, 0) is 18.2 Å². The number of carboxylic acid groups (broad SMARTS) is 1. The molecule has 0 saturated heterocycles. The second-order valence-corrected chi connectivity index (χ2v) is 3.72. The Morgan fingerprint density at radius 2 is 2.35 bits per heavy atom. The Balaban J connectivity index is 2.18. The summed E-state index contributed by atoms with van der Waals surface area (Å²) in [6.07, 6.45) is 8.09. The van der Waals surface area contributed by atoms with Gasteiger partial charge in [-0.2, -0.15) is 0 Å². The van der Waals surface area contributed by atoms with Crippen LogP contribution in [-0.2, 0) is 18.4 Å². The van der Waals surface area contributed by atoms with Gasteiger partial charge in [0, 0.05) is 36.9 Å². The Hall–Kier alpha value is -2.30. The summed E-state index contributed by atoms with van der Waals surface area (Å²) < 4.78 is 3.92. The third kappa shape index (κ3) is 2.63. The molecule has 2 aromatic rings. The summed E-state index contributed by atoms with van der Waals surface area (Å²) in [5.41, 5.74) is 1.95. The predicted octanol–water partition coefficient (Wildman–Crippen LogP) is 1.37. The predicted molar refractivity (Wildman–Crippen MR) is 63.4 cm³/mol. The number of imidazole rings is 1. The smallest absolute Gasteiger partial charge is 0.328 e. The van der Waals surface area contributed by atoms with Crippen molar-refractivity contribution >= 4 is 12.0 Å². The second-order valence-electron chi connectivity index (χ2n) is 3.72. The average molecular weight is 231 g/mol. The van der Waals surface area contributed by atoms with Gasteiger partial charge in [-0.15, -0.1) is 0 Å². The van der Waals surface area contributed by atoms with Gasteiger partial charge in [-0.3, -0.25) is 0 Å². The van der Waals surface area contributed by atoms with E-state index in [1.54, 1.807) is 18.6 Å². The first-order valence-corrected chi connectivity index (χ1v) is 5.18. The highest BCUT2D eigenvalue weighted by Gasteiger charge is 2.03. The van der Waals surface area contributed by atoms with Crippen molar-refractivity contribution < 1.29 is 9.90 Å². The van der Waals surface area contributed by atoms with Crippen molar-refractivity contribution in [2.75, 3.05) is 0 Å². The van der Waals surface area contributed by atoms with E-state index >= 15 is 0 Å². The summed E-state index contributed by atoms with van der Waals surface area (Å²) in [7, 11) is 1.91. The van der Waals surface area contributed by atoms with Gasteiger partial charge in [0.2, 0.25) is 0 Å². The zero-order chi connectivity index (χ0) is 12.3. The molecular formula is C12H13N3O2. The van der Waals surface area contributed by atoms with Gasteiger partial charge in [0.15, 0.2) is 0 Å². The van der Waals surface area contributed by atoms with Gasteiger partial charge < -0.3 is 14.2 Å². The highest BCUT2D eigenvalue weighted by Crippen LogP contribution is 2.10. The third-order valence-electron chi connectivity index (χ3n) is 2.57. The molecule has 88 valence electrons. The van der Waals surface area contributed by atoms with Crippen molar-refractivity contribution in [2.24, 2.45) is 7.05 Å². The standard InChI is InChI=1S/C12H13N3O2/c1-14-10(4-5-12(16)17)2-3-11(14)8-15-7-6-13-9-15/h2-7,9H,8H2,1H3,(H,16,17)/b5-4+. The monoisotopic (exact) mass is 231 g/mol. The Bertz CT molecular complexity index is 538. The van der Waals surface area contributed by atoms with Crippen LogP contribution in [0.15, 0.2) is 36.9 Å². The van der Waals surface area contributed by atoms with Crippen LogP contribution in [0.1, 0.15) is 11.4 Å². The first-order valence-electron chi connectivity index (χ1n) is 5.18. The quantitative estimate of drug-likeness (QED) is 0.808. The van der Waals surface area contributed by atoms with Crippen LogP contribution in [0.3, 0.4) is 0 Å². The minimum Gasteiger partial charge on any atom is -0.478 e. The molecule has 0 atom stereocenters. The molecule has 1 N–H and O–H groups in total. The maximum absolute atomic E-state index is 10.4. The zero-order valence-electron chi connectivity index (χ0n) is 9.45. The molecule has 17 heavy (non-hydrogen) atoms. The van der Waals surface area contributed by atoms with Crippen molar-refractivity contribution in [1.82, 2.24) is 14.1 Å². The molecule has 0 aromatic carbocycles. The lowest BCUT2D eigenvalue weighted by Crippen LogP contribution is -2.03. The minimum atomic E-state index is -0.942. The van der Waals surface area contributed by atoms with Gasteiger partial charge >= 0.3 is 5.97 Å². The van der Waals surface area contributed by atoms with E-state index in [2.05, 4.69) is 4.98 Å². The largest absolute Gasteiger partial charge is 0.478 e. The number of nitrogens with zero attached hydrogens (tertiary/aromatic N) is 3. The molecule has 2 aromatic heterocycles. The number of carbonyl (C=O) groups is 1. The normalized spacial score (nSPS) is 11.1. The molecule has 5 heteroatoms. The molecule has 0 spiro atoms. The zero-order valence-corrected chi connectivity index (χ0v) is 9.45. The summed E-state index contributed by atoms with van der Waals surface area (Å²) in [6.45, 7) is 0.720. The lowest BCUT2D eigenvalue weighted by Gasteiger charge is -2.05. The molecule has 0 saturated carbocycles. The summed E-state index contributed by atoms with van der Waals surface area (Å²) in [6, 6.07) is 3.87. The Morgan fingerprint density at radius 3 is 3.00 bits per heavy atom. The van der Waals surface area contributed by atoms with Crippen LogP contribution in [0.5, 0.6) is 0 Å². The van der Waals surface area contributed by atoms with Crippen molar-refractivity contribution in [2.45, 2.75) is 6.54 Å². The van der Waals surface area contributed by atoms with Gasteiger partial charge in [-0.1, -0.05) is 0 Å². The van der Waals surface area contributed by atoms with E-state index in [1.165, 1.54) is 0 Å².